The van der Waals surface area contributed by atoms with Crippen molar-refractivity contribution in [2.75, 3.05) is 13.2 Å². The average molecular weight is 234 g/mol. The molecular weight excluding hydrogens is 221 g/mol. The minimum atomic E-state index is -0.819. The lowest BCUT2D eigenvalue weighted by Crippen LogP contribution is -2.26. The van der Waals surface area contributed by atoms with Crippen molar-refractivity contribution in [3.8, 4) is 5.75 Å². The minimum absolute atomic E-state index is 0.0378. The number of aliphatic hydroxyl groups excluding tert-OH is 1. The van der Waals surface area contributed by atoms with Crippen LogP contribution in [0.2, 0.25) is 5.02 Å². The Balaban J connectivity index is 2.80. The number of hydrogen-bond acceptors (Lipinski definition) is 3. The molecule has 0 aliphatic carbocycles. The summed E-state index contributed by atoms with van der Waals surface area (Å²) < 4.78 is 18.6. The third-order valence-electron chi connectivity index (χ3n) is 1.93. The molecule has 0 aromatic heterocycles. The molecule has 3 nitrogen and oxygen atoms in total. The van der Waals surface area contributed by atoms with Crippen LogP contribution in [0, 0.1) is 12.7 Å². The van der Waals surface area contributed by atoms with E-state index in [0.717, 1.165) is 0 Å². The van der Waals surface area contributed by atoms with E-state index in [4.69, 9.17) is 27.2 Å². The van der Waals surface area contributed by atoms with Crippen LogP contribution in [0.15, 0.2) is 12.1 Å². The summed E-state index contributed by atoms with van der Waals surface area (Å²) in [6, 6.07) is 3.11. The van der Waals surface area contributed by atoms with Crippen LogP contribution in [-0.2, 0) is 0 Å². The number of ether oxygens (including phenoxy) is 1. The van der Waals surface area contributed by atoms with Crippen molar-refractivity contribution in [1.29, 1.82) is 0 Å². The zero-order valence-corrected chi connectivity index (χ0v) is 9.09. The standard InChI is InChI=1S/C10H13ClFNO2/c1-6-2-3-8(11)10(9(6)12)15-5-7(14)4-13/h2-3,7,14H,4-5,13H2,1H3/t7-/m1/s1. The Kier molecular flexibility index (Phi) is 4.32. The molecule has 1 aromatic carbocycles. The van der Waals surface area contributed by atoms with Gasteiger partial charge in [0.05, 0.1) is 5.02 Å². The predicted octanol–water partition coefficient (Wildman–Crippen LogP) is 1.49. The summed E-state index contributed by atoms with van der Waals surface area (Å²) in [6.07, 6.45) is -0.819. The van der Waals surface area contributed by atoms with E-state index in [1.54, 1.807) is 19.1 Å². The first-order chi connectivity index (χ1) is 7.06. The maximum Gasteiger partial charge on any atom is 0.173 e. The van der Waals surface area contributed by atoms with Gasteiger partial charge in [-0.2, -0.15) is 0 Å². The van der Waals surface area contributed by atoms with Gasteiger partial charge in [-0.15, -0.1) is 0 Å². The van der Waals surface area contributed by atoms with Crippen molar-refractivity contribution in [2.24, 2.45) is 5.73 Å². The van der Waals surface area contributed by atoms with E-state index in [-0.39, 0.29) is 23.9 Å². The molecule has 0 aliphatic heterocycles. The average Bonchev–Trinajstić information content (AvgIpc) is 2.23. The van der Waals surface area contributed by atoms with Crippen LogP contribution in [0.5, 0.6) is 5.75 Å². The summed E-state index contributed by atoms with van der Waals surface area (Å²) >= 11 is 5.75. The smallest absolute Gasteiger partial charge is 0.173 e. The molecule has 0 spiro atoms. The van der Waals surface area contributed by atoms with E-state index < -0.39 is 11.9 Å². The zero-order valence-electron chi connectivity index (χ0n) is 8.34. The maximum atomic E-state index is 13.5. The number of rotatable bonds is 4. The van der Waals surface area contributed by atoms with E-state index >= 15 is 0 Å². The highest BCUT2D eigenvalue weighted by Gasteiger charge is 2.12. The number of benzene rings is 1. The molecule has 0 unspecified atom stereocenters. The second-order valence-electron chi connectivity index (χ2n) is 3.21. The highest BCUT2D eigenvalue weighted by molar-refractivity contribution is 6.32. The maximum absolute atomic E-state index is 13.5. The van der Waals surface area contributed by atoms with Crippen molar-refractivity contribution in [1.82, 2.24) is 0 Å². The van der Waals surface area contributed by atoms with Gasteiger partial charge in [-0.1, -0.05) is 17.7 Å². The van der Waals surface area contributed by atoms with Crippen LogP contribution in [0.25, 0.3) is 0 Å². The van der Waals surface area contributed by atoms with Gasteiger partial charge in [0.2, 0.25) is 0 Å². The van der Waals surface area contributed by atoms with Gasteiger partial charge in [-0.05, 0) is 18.6 Å². The Morgan fingerprint density at radius 3 is 2.87 bits per heavy atom. The van der Waals surface area contributed by atoms with Crippen LogP contribution in [0.4, 0.5) is 4.39 Å². The van der Waals surface area contributed by atoms with E-state index in [1.165, 1.54) is 0 Å². The molecule has 0 saturated carbocycles. The molecule has 0 saturated heterocycles. The van der Waals surface area contributed by atoms with Crippen molar-refractivity contribution in [3.05, 3.63) is 28.5 Å². The largest absolute Gasteiger partial charge is 0.486 e. The van der Waals surface area contributed by atoms with Crippen LogP contribution in [0.1, 0.15) is 5.56 Å². The molecule has 1 aromatic rings. The summed E-state index contributed by atoms with van der Waals surface area (Å²) in [7, 11) is 0. The fourth-order valence-electron chi connectivity index (χ4n) is 1.01. The SMILES string of the molecule is Cc1ccc(Cl)c(OC[C@H](O)CN)c1F. The number of hydrogen-bond donors (Lipinski definition) is 2. The highest BCUT2D eigenvalue weighted by atomic mass is 35.5. The zero-order chi connectivity index (χ0) is 11.4. The minimum Gasteiger partial charge on any atom is -0.486 e. The highest BCUT2D eigenvalue weighted by Crippen LogP contribution is 2.29. The summed E-state index contributed by atoms with van der Waals surface area (Å²) in [6.45, 7) is 1.60. The monoisotopic (exact) mass is 233 g/mol. The first-order valence-corrected chi connectivity index (χ1v) is 4.89. The predicted molar refractivity (Wildman–Crippen MR) is 56.7 cm³/mol. The molecule has 0 heterocycles. The second kappa shape index (κ2) is 5.30. The van der Waals surface area contributed by atoms with Gasteiger partial charge in [0.25, 0.3) is 0 Å². The molecule has 15 heavy (non-hydrogen) atoms. The third kappa shape index (κ3) is 3.06. The van der Waals surface area contributed by atoms with Gasteiger partial charge < -0.3 is 15.6 Å². The molecule has 0 bridgehead atoms. The fraction of sp³-hybridized carbons (Fsp3) is 0.400. The Morgan fingerprint density at radius 1 is 1.60 bits per heavy atom. The van der Waals surface area contributed by atoms with Gasteiger partial charge in [0, 0.05) is 6.54 Å². The first kappa shape index (κ1) is 12.2. The molecule has 3 N–H and O–H groups in total. The molecule has 0 aliphatic rings. The van der Waals surface area contributed by atoms with E-state index in [2.05, 4.69) is 0 Å². The van der Waals surface area contributed by atoms with Crippen LogP contribution < -0.4 is 10.5 Å². The summed E-state index contributed by atoms with van der Waals surface area (Å²) in [5.74, 6) is -0.545. The molecular formula is C10H13ClFNO2. The topological polar surface area (TPSA) is 55.5 Å². The summed E-state index contributed by atoms with van der Waals surface area (Å²) in [4.78, 5) is 0. The van der Waals surface area contributed by atoms with E-state index in [9.17, 15) is 4.39 Å². The van der Waals surface area contributed by atoms with Gasteiger partial charge in [-0.3, -0.25) is 0 Å². The molecule has 1 rings (SSSR count). The Labute approximate surface area is 92.6 Å². The third-order valence-corrected chi connectivity index (χ3v) is 2.23. The van der Waals surface area contributed by atoms with E-state index in [0.29, 0.717) is 5.56 Å². The lowest BCUT2D eigenvalue weighted by molar-refractivity contribution is 0.112. The van der Waals surface area contributed by atoms with Crippen molar-refractivity contribution in [2.45, 2.75) is 13.0 Å². The van der Waals surface area contributed by atoms with Crippen LogP contribution in [0.3, 0.4) is 0 Å². The molecule has 5 heteroatoms. The van der Waals surface area contributed by atoms with Crippen molar-refractivity contribution >= 4 is 11.6 Å². The second-order valence-corrected chi connectivity index (χ2v) is 3.62. The molecule has 0 radical (unpaired) electrons. The Hall–Kier alpha value is -0.840. The number of halogens is 2. The number of nitrogens with two attached hydrogens (primary N) is 1. The summed E-state index contributed by atoms with van der Waals surface area (Å²) in [5.41, 5.74) is 5.63. The van der Waals surface area contributed by atoms with Gasteiger partial charge in [-0.25, -0.2) is 4.39 Å². The lowest BCUT2D eigenvalue weighted by atomic mass is 10.2. The van der Waals surface area contributed by atoms with Crippen LogP contribution in [-0.4, -0.2) is 24.4 Å². The van der Waals surface area contributed by atoms with Gasteiger partial charge >= 0.3 is 0 Å². The molecule has 0 amide bonds. The molecule has 1 atom stereocenters. The van der Waals surface area contributed by atoms with E-state index in [1.807, 2.05) is 0 Å². The van der Waals surface area contributed by atoms with Crippen LogP contribution >= 0.6 is 11.6 Å². The number of aliphatic hydroxyl groups is 1. The lowest BCUT2D eigenvalue weighted by Gasteiger charge is -2.13. The summed E-state index contributed by atoms with van der Waals surface area (Å²) in [5, 5.41) is 9.34. The molecule has 84 valence electrons. The first-order valence-electron chi connectivity index (χ1n) is 4.51. The number of aryl methyl sites for hydroxylation is 1. The van der Waals surface area contributed by atoms with Gasteiger partial charge in [0.1, 0.15) is 12.7 Å². The normalized spacial score (nSPS) is 12.6. The van der Waals surface area contributed by atoms with Crippen molar-refractivity contribution < 1.29 is 14.2 Å². The van der Waals surface area contributed by atoms with Gasteiger partial charge in [0.15, 0.2) is 11.6 Å². The quantitative estimate of drug-likeness (QED) is 0.829. The fourth-order valence-corrected chi connectivity index (χ4v) is 1.21. The Bertz CT molecular complexity index is 346. The Morgan fingerprint density at radius 2 is 2.27 bits per heavy atom. The van der Waals surface area contributed by atoms with Crippen molar-refractivity contribution in [3.63, 3.8) is 0 Å². The molecule has 0 fully saturated rings.